The number of hydrogen-bond donors (Lipinski definition) is 0. The summed E-state index contributed by atoms with van der Waals surface area (Å²) in [5.74, 6) is 0.816. The predicted octanol–water partition coefficient (Wildman–Crippen LogP) is 1.85. The van der Waals surface area contributed by atoms with E-state index in [0.717, 1.165) is 30.0 Å². The Morgan fingerprint density at radius 1 is 1.15 bits per heavy atom. The highest BCUT2D eigenvalue weighted by Gasteiger charge is 2.00. The van der Waals surface area contributed by atoms with Gasteiger partial charge in [0.2, 0.25) is 5.78 Å². The molecule has 3 heteroatoms. The minimum absolute atomic E-state index is 0.816. The molecule has 0 aromatic carbocycles. The third-order valence-electron chi connectivity index (χ3n) is 2.16. The molecule has 2 aromatic rings. The van der Waals surface area contributed by atoms with Crippen LogP contribution < -0.4 is 0 Å². The molecule has 0 saturated carbocycles. The van der Waals surface area contributed by atoms with E-state index in [1.807, 2.05) is 22.9 Å². The number of hydrogen-bond acceptors (Lipinski definition) is 2. The topological polar surface area (TPSA) is 30.2 Å². The van der Waals surface area contributed by atoms with Crippen molar-refractivity contribution in [2.45, 2.75) is 26.7 Å². The van der Waals surface area contributed by atoms with Crippen LogP contribution in [0.15, 0.2) is 18.5 Å². The molecule has 0 spiro atoms. The maximum Gasteiger partial charge on any atom is 0.234 e. The monoisotopic (exact) mass is 175 g/mol. The largest absolute Gasteiger partial charge is 0.291 e. The first kappa shape index (κ1) is 8.23. The Kier molecular flexibility index (Phi) is 2.00. The van der Waals surface area contributed by atoms with Gasteiger partial charge in [0.05, 0.1) is 5.69 Å². The van der Waals surface area contributed by atoms with Crippen molar-refractivity contribution in [3.63, 3.8) is 0 Å². The summed E-state index contributed by atoms with van der Waals surface area (Å²) < 4.78 is 1.97. The second kappa shape index (κ2) is 3.17. The first-order valence-corrected chi connectivity index (χ1v) is 4.67. The molecular weight excluding hydrogens is 162 g/mol. The van der Waals surface area contributed by atoms with E-state index in [0.29, 0.717) is 0 Å². The van der Waals surface area contributed by atoms with Crippen LogP contribution in [0.2, 0.25) is 0 Å². The molecule has 0 radical (unpaired) electrons. The van der Waals surface area contributed by atoms with Gasteiger partial charge in [-0.1, -0.05) is 13.8 Å². The second-order valence-electron chi connectivity index (χ2n) is 3.07. The highest BCUT2D eigenvalue weighted by molar-refractivity contribution is 5.31. The van der Waals surface area contributed by atoms with Crippen LogP contribution in [0.1, 0.15) is 25.2 Å². The van der Waals surface area contributed by atoms with Crippen molar-refractivity contribution >= 4 is 5.78 Å². The Labute approximate surface area is 77.4 Å². The maximum atomic E-state index is 4.41. The van der Waals surface area contributed by atoms with Crippen LogP contribution in [0.5, 0.6) is 0 Å². The summed E-state index contributed by atoms with van der Waals surface area (Å²) in [5.41, 5.74) is 2.20. The van der Waals surface area contributed by atoms with Gasteiger partial charge in [-0.05, 0) is 18.9 Å². The highest BCUT2D eigenvalue weighted by Crippen LogP contribution is 2.04. The third kappa shape index (κ3) is 1.41. The number of rotatable bonds is 2. The normalized spacial score (nSPS) is 10.9. The summed E-state index contributed by atoms with van der Waals surface area (Å²) in [6.07, 6.45) is 5.98. The highest BCUT2D eigenvalue weighted by atomic mass is 15.1. The molecule has 0 N–H and O–H groups in total. The molecule has 0 aliphatic heterocycles. The molecule has 2 rings (SSSR count). The Bertz CT molecular complexity index is 415. The molecule has 2 heterocycles. The van der Waals surface area contributed by atoms with Crippen molar-refractivity contribution in [1.82, 2.24) is 14.4 Å². The molecule has 0 aliphatic rings. The smallest absolute Gasteiger partial charge is 0.234 e. The summed E-state index contributed by atoms with van der Waals surface area (Å²) in [5, 5.41) is 0. The first-order chi connectivity index (χ1) is 6.33. The zero-order chi connectivity index (χ0) is 9.26. The number of nitrogens with zero attached hydrogens (tertiary/aromatic N) is 3. The van der Waals surface area contributed by atoms with Crippen LogP contribution in [0.4, 0.5) is 0 Å². The molecule has 0 aliphatic carbocycles. The zero-order valence-corrected chi connectivity index (χ0v) is 7.99. The summed E-state index contributed by atoms with van der Waals surface area (Å²) in [6, 6.07) is 2.04. The fraction of sp³-hybridized carbons (Fsp3) is 0.400. The van der Waals surface area contributed by atoms with E-state index in [1.54, 1.807) is 0 Å². The lowest BCUT2D eigenvalue weighted by molar-refractivity contribution is 0.992. The first-order valence-electron chi connectivity index (χ1n) is 4.67. The lowest BCUT2D eigenvalue weighted by Crippen LogP contribution is -1.91. The fourth-order valence-corrected chi connectivity index (χ4v) is 1.33. The molecule has 0 atom stereocenters. The van der Waals surface area contributed by atoms with Crippen LogP contribution in [-0.2, 0) is 12.8 Å². The summed E-state index contributed by atoms with van der Waals surface area (Å²) >= 11 is 0. The SMILES string of the molecule is CCc1ccn2cc(CC)nc2n1. The van der Waals surface area contributed by atoms with Crippen molar-refractivity contribution in [1.29, 1.82) is 0 Å². The van der Waals surface area contributed by atoms with Gasteiger partial charge in [0.1, 0.15) is 0 Å². The van der Waals surface area contributed by atoms with E-state index in [4.69, 9.17) is 0 Å². The van der Waals surface area contributed by atoms with Gasteiger partial charge in [0.15, 0.2) is 0 Å². The molecule has 0 fully saturated rings. The van der Waals surface area contributed by atoms with Gasteiger partial charge in [-0.15, -0.1) is 0 Å². The number of aryl methyl sites for hydroxylation is 2. The van der Waals surface area contributed by atoms with Gasteiger partial charge in [-0.3, -0.25) is 4.40 Å². The zero-order valence-electron chi connectivity index (χ0n) is 7.99. The predicted molar refractivity (Wildman–Crippen MR) is 51.7 cm³/mol. The lowest BCUT2D eigenvalue weighted by Gasteiger charge is -1.95. The number of aromatic nitrogens is 3. The average Bonchev–Trinajstić information content (AvgIpc) is 2.58. The van der Waals surface area contributed by atoms with Gasteiger partial charge in [-0.25, -0.2) is 9.97 Å². The van der Waals surface area contributed by atoms with E-state index in [9.17, 15) is 0 Å². The second-order valence-corrected chi connectivity index (χ2v) is 3.07. The van der Waals surface area contributed by atoms with Crippen LogP contribution >= 0.6 is 0 Å². The van der Waals surface area contributed by atoms with Crippen molar-refractivity contribution in [2.24, 2.45) is 0 Å². The molecule has 13 heavy (non-hydrogen) atoms. The van der Waals surface area contributed by atoms with Gasteiger partial charge < -0.3 is 0 Å². The molecule has 0 unspecified atom stereocenters. The van der Waals surface area contributed by atoms with Crippen molar-refractivity contribution in [2.75, 3.05) is 0 Å². The fourth-order valence-electron chi connectivity index (χ4n) is 1.33. The number of fused-ring (bicyclic) bond motifs is 1. The van der Waals surface area contributed by atoms with Crippen LogP contribution in [0, 0.1) is 0 Å². The van der Waals surface area contributed by atoms with E-state index >= 15 is 0 Å². The summed E-state index contributed by atoms with van der Waals surface area (Å²) in [7, 11) is 0. The van der Waals surface area contributed by atoms with Crippen LogP contribution in [0.3, 0.4) is 0 Å². The Balaban J connectivity index is 2.57. The Morgan fingerprint density at radius 2 is 1.85 bits per heavy atom. The van der Waals surface area contributed by atoms with E-state index in [-0.39, 0.29) is 0 Å². The van der Waals surface area contributed by atoms with Crippen molar-refractivity contribution < 1.29 is 0 Å². The molecule has 68 valence electrons. The van der Waals surface area contributed by atoms with Crippen LogP contribution in [0.25, 0.3) is 5.78 Å². The van der Waals surface area contributed by atoms with Crippen molar-refractivity contribution in [3.8, 4) is 0 Å². The number of imidazole rings is 1. The van der Waals surface area contributed by atoms with Crippen LogP contribution in [-0.4, -0.2) is 14.4 Å². The minimum atomic E-state index is 0.816. The Morgan fingerprint density at radius 3 is 2.54 bits per heavy atom. The summed E-state index contributed by atoms with van der Waals surface area (Å²) in [6.45, 7) is 4.20. The molecular formula is C10H13N3. The lowest BCUT2D eigenvalue weighted by atomic mass is 10.3. The molecule has 0 bridgehead atoms. The minimum Gasteiger partial charge on any atom is -0.291 e. The molecule has 0 saturated heterocycles. The molecule has 2 aromatic heterocycles. The van der Waals surface area contributed by atoms with E-state index in [2.05, 4.69) is 23.8 Å². The summed E-state index contributed by atoms with van der Waals surface area (Å²) in [4.78, 5) is 8.81. The van der Waals surface area contributed by atoms with Gasteiger partial charge in [0.25, 0.3) is 0 Å². The van der Waals surface area contributed by atoms with E-state index < -0.39 is 0 Å². The Hall–Kier alpha value is -1.38. The van der Waals surface area contributed by atoms with E-state index in [1.165, 1.54) is 0 Å². The van der Waals surface area contributed by atoms with Gasteiger partial charge >= 0.3 is 0 Å². The standard InChI is InChI=1S/C10H13N3/c1-3-8-5-6-13-7-9(4-2)12-10(13)11-8/h5-7H,3-4H2,1-2H3. The van der Waals surface area contributed by atoms with Gasteiger partial charge in [-0.2, -0.15) is 0 Å². The molecule has 3 nitrogen and oxygen atoms in total. The third-order valence-corrected chi connectivity index (χ3v) is 2.16. The maximum absolute atomic E-state index is 4.41. The van der Waals surface area contributed by atoms with Crippen molar-refractivity contribution in [3.05, 3.63) is 29.8 Å². The average molecular weight is 175 g/mol. The van der Waals surface area contributed by atoms with Gasteiger partial charge in [0, 0.05) is 18.1 Å². The quantitative estimate of drug-likeness (QED) is 0.697. The molecule has 0 amide bonds.